The van der Waals surface area contributed by atoms with E-state index in [0.29, 0.717) is 11.9 Å². The minimum Gasteiger partial charge on any atom is -0.386 e. The summed E-state index contributed by atoms with van der Waals surface area (Å²) in [5, 5.41) is 11.4. The highest BCUT2D eigenvalue weighted by Gasteiger charge is 2.14. The second-order valence-corrected chi connectivity index (χ2v) is 5.24. The van der Waals surface area contributed by atoms with Gasteiger partial charge in [-0.3, -0.25) is 0 Å². The molecule has 0 spiro atoms. The molecular formula is C12H12Br2NO+. The Labute approximate surface area is 111 Å². The topological polar surface area (TPSA) is 24.1 Å². The van der Waals surface area contributed by atoms with Gasteiger partial charge in [-0.05, 0) is 28.1 Å². The Hall–Kier alpha value is -0.450. The van der Waals surface area contributed by atoms with Gasteiger partial charge in [0.05, 0.1) is 4.47 Å². The molecule has 2 rings (SSSR count). The second kappa shape index (κ2) is 5.25. The molecule has 0 saturated carbocycles. The lowest BCUT2D eigenvalue weighted by molar-refractivity contribution is -0.678. The molecule has 84 valence electrons. The van der Waals surface area contributed by atoms with Crippen molar-refractivity contribution < 1.29 is 9.67 Å². The zero-order chi connectivity index (χ0) is 11.5. The van der Waals surface area contributed by atoms with Gasteiger partial charge in [-0.1, -0.05) is 28.1 Å². The monoisotopic (exact) mass is 344 g/mol. The van der Waals surface area contributed by atoms with Gasteiger partial charge in [-0.2, -0.15) is 4.57 Å². The summed E-state index contributed by atoms with van der Waals surface area (Å²) in [6.45, 7) is 0.588. The van der Waals surface area contributed by atoms with Crippen LogP contribution in [0.2, 0.25) is 0 Å². The predicted molar refractivity (Wildman–Crippen MR) is 71.6 cm³/mol. The second-order valence-electron chi connectivity index (χ2n) is 3.68. The SMILES string of the molecule is OC(CBr)C[n+]1cc(Br)cc2ccccc21. The Morgan fingerprint density at radius 1 is 1.31 bits per heavy atom. The largest absolute Gasteiger partial charge is 0.386 e. The van der Waals surface area contributed by atoms with Crippen molar-refractivity contribution in [1.82, 2.24) is 0 Å². The van der Waals surface area contributed by atoms with E-state index < -0.39 is 0 Å². The highest BCUT2D eigenvalue weighted by atomic mass is 79.9. The molecule has 0 radical (unpaired) electrons. The summed E-state index contributed by atoms with van der Waals surface area (Å²) in [5.41, 5.74) is 1.13. The van der Waals surface area contributed by atoms with Crippen molar-refractivity contribution in [2.45, 2.75) is 12.6 Å². The predicted octanol–water partition coefficient (Wildman–Crippen LogP) is 2.65. The van der Waals surface area contributed by atoms with E-state index in [1.807, 2.05) is 18.3 Å². The van der Waals surface area contributed by atoms with E-state index in [9.17, 15) is 5.11 Å². The van der Waals surface area contributed by atoms with Crippen LogP contribution in [0.3, 0.4) is 0 Å². The van der Waals surface area contributed by atoms with E-state index in [2.05, 4.69) is 54.6 Å². The first-order valence-corrected chi connectivity index (χ1v) is 6.94. The minimum absolute atomic E-state index is 0.372. The summed E-state index contributed by atoms with van der Waals surface area (Å²) >= 11 is 6.76. The number of aromatic nitrogens is 1. The first kappa shape index (κ1) is 12.0. The fourth-order valence-corrected chi connectivity index (χ4v) is 2.40. The Bertz CT molecular complexity index is 501. The number of rotatable bonds is 3. The number of alkyl halides is 1. The van der Waals surface area contributed by atoms with Gasteiger partial charge in [0.25, 0.3) is 0 Å². The van der Waals surface area contributed by atoms with E-state index in [-0.39, 0.29) is 6.10 Å². The average molecular weight is 346 g/mol. The lowest BCUT2D eigenvalue weighted by Gasteiger charge is -2.05. The summed E-state index contributed by atoms with van der Waals surface area (Å²) in [6, 6.07) is 10.2. The van der Waals surface area contributed by atoms with Crippen LogP contribution in [0.15, 0.2) is 41.0 Å². The van der Waals surface area contributed by atoms with Crippen LogP contribution < -0.4 is 4.57 Å². The molecule has 0 saturated heterocycles. The third-order valence-electron chi connectivity index (χ3n) is 2.40. The molecule has 0 aliphatic rings. The molecule has 1 atom stereocenters. The lowest BCUT2D eigenvalue weighted by Crippen LogP contribution is -2.41. The maximum atomic E-state index is 9.68. The van der Waals surface area contributed by atoms with Gasteiger partial charge in [0.2, 0.25) is 5.52 Å². The molecule has 16 heavy (non-hydrogen) atoms. The molecule has 1 unspecified atom stereocenters. The number of fused-ring (bicyclic) bond motifs is 1. The number of para-hydroxylation sites is 1. The summed E-state index contributed by atoms with van der Waals surface area (Å²) in [7, 11) is 0. The number of halogens is 2. The van der Waals surface area contributed by atoms with Gasteiger partial charge >= 0.3 is 0 Å². The number of benzene rings is 1. The molecule has 1 aromatic heterocycles. The van der Waals surface area contributed by atoms with Gasteiger partial charge in [0, 0.05) is 16.8 Å². The standard InChI is InChI=1S/C12H12Br2NO/c13-6-11(16)8-15-7-10(14)5-9-3-1-2-4-12(9)15/h1-5,7,11,16H,6,8H2/q+1. The maximum absolute atomic E-state index is 9.68. The van der Waals surface area contributed by atoms with E-state index in [1.165, 1.54) is 5.39 Å². The van der Waals surface area contributed by atoms with Crippen molar-refractivity contribution in [3.05, 3.63) is 41.0 Å². The van der Waals surface area contributed by atoms with Crippen molar-refractivity contribution in [2.75, 3.05) is 5.33 Å². The van der Waals surface area contributed by atoms with E-state index in [0.717, 1.165) is 9.99 Å². The van der Waals surface area contributed by atoms with Crippen LogP contribution in [0.5, 0.6) is 0 Å². The van der Waals surface area contributed by atoms with E-state index >= 15 is 0 Å². The number of aliphatic hydroxyl groups is 1. The molecule has 2 nitrogen and oxygen atoms in total. The van der Waals surface area contributed by atoms with Crippen LogP contribution >= 0.6 is 31.9 Å². The molecule has 0 aliphatic heterocycles. The Kier molecular flexibility index (Phi) is 3.95. The number of hydrogen-bond donors (Lipinski definition) is 1. The summed E-state index contributed by atoms with van der Waals surface area (Å²) < 4.78 is 3.08. The van der Waals surface area contributed by atoms with Crippen molar-refractivity contribution in [3.63, 3.8) is 0 Å². The molecule has 1 aromatic carbocycles. The van der Waals surface area contributed by atoms with Crippen molar-refractivity contribution in [2.24, 2.45) is 0 Å². The Balaban J connectivity index is 2.50. The normalized spacial score (nSPS) is 12.9. The fourth-order valence-electron chi connectivity index (χ4n) is 1.70. The lowest BCUT2D eigenvalue weighted by atomic mass is 10.2. The summed E-state index contributed by atoms with van der Waals surface area (Å²) in [6.07, 6.45) is 1.62. The summed E-state index contributed by atoms with van der Waals surface area (Å²) in [5.74, 6) is 0. The van der Waals surface area contributed by atoms with Gasteiger partial charge in [0.1, 0.15) is 6.10 Å². The van der Waals surface area contributed by atoms with Crippen LogP contribution in [0, 0.1) is 0 Å². The third kappa shape index (κ3) is 2.62. The van der Waals surface area contributed by atoms with E-state index in [1.54, 1.807) is 0 Å². The van der Waals surface area contributed by atoms with Crippen molar-refractivity contribution in [3.8, 4) is 0 Å². The fraction of sp³-hybridized carbons (Fsp3) is 0.250. The minimum atomic E-state index is -0.372. The van der Waals surface area contributed by atoms with Crippen LogP contribution in [0.25, 0.3) is 10.9 Å². The highest BCUT2D eigenvalue weighted by molar-refractivity contribution is 9.10. The van der Waals surface area contributed by atoms with Gasteiger partial charge < -0.3 is 5.11 Å². The van der Waals surface area contributed by atoms with Gasteiger partial charge in [0.15, 0.2) is 12.7 Å². The van der Waals surface area contributed by atoms with E-state index in [4.69, 9.17) is 0 Å². The molecular weight excluding hydrogens is 334 g/mol. The molecule has 1 heterocycles. The molecule has 0 aliphatic carbocycles. The maximum Gasteiger partial charge on any atom is 0.212 e. The van der Waals surface area contributed by atoms with Crippen LogP contribution in [-0.4, -0.2) is 16.5 Å². The first-order chi connectivity index (χ1) is 7.70. The Morgan fingerprint density at radius 3 is 2.81 bits per heavy atom. The molecule has 0 bridgehead atoms. The smallest absolute Gasteiger partial charge is 0.212 e. The van der Waals surface area contributed by atoms with Crippen LogP contribution in [-0.2, 0) is 6.54 Å². The van der Waals surface area contributed by atoms with Crippen LogP contribution in [0.1, 0.15) is 0 Å². The molecule has 0 fully saturated rings. The number of hydrogen-bond acceptors (Lipinski definition) is 1. The summed E-state index contributed by atoms with van der Waals surface area (Å²) in [4.78, 5) is 0. The first-order valence-electron chi connectivity index (χ1n) is 5.02. The van der Waals surface area contributed by atoms with Crippen LogP contribution in [0.4, 0.5) is 0 Å². The molecule has 2 aromatic rings. The quantitative estimate of drug-likeness (QED) is 0.671. The molecule has 4 heteroatoms. The zero-order valence-corrected chi connectivity index (χ0v) is 11.8. The van der Waals surface area contributed by atoms with Gasteiger partial charge in [-0.25, -0.2) is 0 Å². The highest BCUT2D eigenvalue weighted by Crippen LogP contribution is 2.15. The Morgan fingerprint density at radius 2 is 2.06 bits per heavy atom. The van der Waals surface area contributed by atoms with Crippen molar-refractivity contribution >= 4 is 42.8 Å². The average Bonchev–Trinajstić information content (AvgIpc) is 2.28. The number of pyridine rings is 1. The van der Waals surface area contributed by atoms with Gasteiger partial charge in [-0.15, -0.1) is 0 Å². The number of aliphatic hydroxyl groups excluding tert-OH is 1. The molecule has 1 N–H and O–H groups in total. The molecule has 0 amide bonds. The third-order valence-corrected chi connectivity index (χ3v) is 3.59. The zero-order valence-electron chi connectivity index (χ0n) is 8.61. The number of nitrogens with zero attached hydrogens (tertiary/aromatic N) is 1. The van der Waals surface area contributed by atoms with Crippen molar-refractivity contribution in [1.29, 1.82) is 0 Å².